The van der Waals surface area contributed by atoms with Gasteiger partial charge in [-0.05, 0) is 52.9 Å². The number of carbonyl (C=O) groups excluding carboxylic acids is 2. The lowest BCUT2D eigenvalue weighted by Gasteiger charge is -2.53. The van der Waals surface area contributed by atoms with Crippen molar-refractivity contribution >= 4 is 11.8 Å². The Morgan fingerprint density at radius 1 is 1.35 bits per heavy atom. The molecule has 3 rings (SSSR count). The third-order valence-corrected chi connectivity index (χ3v) is 6.66. The van der Waals surface area contributed by atoms with E-state index in [2.05, 4.69) is 0 Å². The van der Waals surface area contributed by atoms with E-state index in [1.807, 2.05) is 13.8 Å². The Hall–Kier alpha value is -1.24. The number of rotatable bonds is 3. The monoisotopic (exact) mass is 366 g/mol. The van der Waals surface area contributed by atoms with Gasteiger partial charge in [-0.3, -0.25) is 4.79 Å². The molecule has 6 atom stereocenters. The number of esters is 1. The molecule has 0 amide bonds. The summed E-state index contributed by atoms with van der Waals surface area (Å²) in [4.78, 5) is 25.0. The largest absolute Gasteiger partial charge is 0.457 e. The lowest BCUT2D eigenvalue weighted by atomic mass is 9.54. The van der Waals surface area contributed by atoms with E-state index in [1.54, 1.807) is 33.8 Å². The van der Waals surface area contributed by atoms with Crippen LogP contribution in [0.5, 0.6) is 0 Å². The van der Waals surface area contributed by atoms with Gasteiger partial charge < -0.3 is 19.7 Å². The van der Waals surface area contributed by atoms with Crippen molar-refractivity contribution in [3.63, 3.8) is 0 Å². The van der Waals surface area contributed by atoms with Gasteiger partial charge in [-0.25, -0.2) is 4.79 Å². The Kier molecular flexibility index (Phi) is 4.23. The average molecular weight is 366 g/mol. The van der Waals surface area contributed by atoms with Gasteiger partial charge in [-0.2, -0.15) is 0 Å². The van der Waals surface area contributed by atoms with Crippen LogP contribution in [-0.2, 0) is 19.1 Å². The molecular weight excluding hydrogens is 336 g/mol. The van der Waals surface area contributed by atoms with Crippen molar-refractivity contribution in [3.8, 4) is 0 Å². The number of epoxide rings is 1. The van der Waals surface area contributed by atoms with E-state index in [9.17, 15) is 19.8 Å². The lowest BCUT2D eigenvalue weighted by Crippen LogP contribution is -2.59. The first kappa shape index (κ1) is 19.5. The number of Topliss-reactive ketones (excluding diaryl/α,β-unsaturated/α-hetero) is 1. The number of ether oxygens (including phenoxy) is 2. The van der Waals surface area contributed by atoms with Gasteiger partial charge in [-0.1, -0.05) is 13.0 Å². The summed E-state index contributed by atoms with van der Waals surface area (Å²) in [5.74, 6) is -0.946. The molecule has 2 N–H and O–H groups in total. The van der Waals surface area contributed by atoms with Crippen LogP contribution in [0.15, 0.2) is 11.6 Å². The van der Waals surface area contributed by atoms with Gasteiger partial charge in [0.15, 0.2) is 11.4 Å². The number of fused-ring (bicyclic) bond motifs is 1. The molecule has 0 unspecified atom stereocenters. The number of hydrogen-bond donors (Lipinski definition) is 2. The zero-order valence-corrected chi connectivity index (χ0v) is 16.5. The van der Waals surface area contributed by atoms with E-state index in [0.717, 1.165) is 0 Å². The molecule has 0 aromatic heterocycles. The third-order valence-electron chi connectivity index (χ3n) is 6.66. The third kappa shape index (κ3) is 2.92. The molecule has 1 saturated carbocycles. The smallest absolute Gasteiger partial charge is 0.341 e. The summed E-state index contributed by atoms with van der Waals surface area (Å²) in [6.45, 7) is 10.3. The molecule has 1 heterocycles. The summed E-state index contributed by atoms with van der Waals surface area (Å²) in [6.07, 6.45) is 2.22. The second-order valence-corrected chi connectivity index (χ2v) is 9.40. The SMILES string of the molecule is C[C@H]1O[C@]1(C)C(=O)O[C@H]1CC[C@]2(C)CC(=O)C(C(C)(C)O)=C[C@H]2[C@]1(C)O. The molecule has 0 aromatic carbocycles. The number of carbonyl (C=O) groups is 2. The summed E-state index contributed by atoms with van der Waals surface area (Å²) >= 11 is 0. The van der Waals surface area contributed by atoms with Crippen LogP contribution < -0.4 is 0 Å². The Labute approximate surface area is 154 Å². The minimum absolute atomic E-state index is 0.0878. The van der Waals surface area contributed by atoms with Crippen LogP contribution in [0.3, 0.4) is 0 Å². The highest BCUT2D eigenvalue weighted by molar-refractivity contribution is 5.98. The van der Waals surface area contributed by atoms with E-state index in [4.69, 9.17) is 9.47 Å². The highest BCUT2D eigenvalue weighted by atomic mass is 16.7. The molecule has 1 saturated heterocycles. The number of hydrogen-bond acceptors (Lipinski definition) is 6. The van der Waals surface area contributed by atoms with Gasteiger partial charge in [0.1, 0.15) is 11.7 Å². The quantitative estimate of drug-likeness (QED) is 0.585. The van der Waals surface area contributed by atoms with Gasteiger partial charge in [-0.15, -0.1) is 0 Å². The van der Waals surface area contributed by atoms with E-state index in [0.29, 0.717) is 18.4 Å². The molecule has 0 spiro atoms. The molecular formula is C20H30O6. The van der Waals surface area contributed by atoms with Crippen LogP contribution in [-0.4, -0.2) is 51.0 Å². The Bertz CT molecular complexity index is 672. The zero-order chi connectivity index (χ0) is 19.7. The highest BCUT2D eigenvalue weighted by Crippen LogP contribution is 2.54. The van der Waals surface area contributed by atoms with Crippen molar-refractivity contribution in [1.82, 2.24) is 0 Å². The normalized spacial score (nSPS) is 45.6. The van der Waals surface area contributed by atoms with Crippen molar-refractivity contribution in [2.45, 2.75) is 89.8 Å². The second-order valence-electron chi connectivity index (χ2n) is 9.40. The Balaban J connectivity index is 1.90. The van der Waals surface area contributed by atoms with E-state index in [-0.39, 0.29) is 18.3 Å². The first-order valence-electron chi connectivity index (χ1n) is 9.31. The molecule has 1 aliphatic heterocycles. The van der Waals surface area contributed by atoms with Crippen LogP contribution in [0.2, 0.25) is 0 Å². The Morgan fingerprint density at radius 3 is 2.42 bits per heavy atom. The molecule has 0 bridgehead atoms. The lowest BCUT2D eigenvalue weighted by molar-refractivity contribution is -0.194. The van der Waals surface area contributed by atoms with Crippen LogP contribution in [0.4, 0.5) is 0 Å². The average Bonchev–Trinajstić information content (AvgIpc) is 3.09. The van der Waals surface area contributed by atoms with Gasteiger partial charge in [0, 0.05) is 17.9 Å². The first-order valence-corrected chi connectivity index (χ1v) is 9.31. The fraction of sp³-hybridized carbons (Fsp3) is 0.800. The van der Waals surface area contributed by atoms with Crippen LogP contribution >= 0.6 is 0 Å². The van der Waals surface area contributed by atoms with E-state index < -0.39 is 40.2 Å². The second kappa shape index (κ2) is 5.63. The highest BCUT2D eigenvalue weighted by Gasteiger charge is 2.61. The van der Waals surface area contributed by atoms with Gasteiger partial charge >= 0.3 is 5.97 Å². The molecule has 0 aromatic rings. The summed E-state index contributed by atoms with van der Waals surface area (Å²) < 4.78 is 11.0. The fourth-order valence-electron chi connectivity index (χ4n) is 4.62. The van der Waals surface area contributed by atoms with E-state index in [1.165, 1.54) is 0 Å². The van der Waals surface area contributed by atoms with Crippen LogP contribution in [0.25, 0.3) is 0 Å². The predicted octanol–water partition coefficient (Wildman–Crippen LogP) is 1.91. The van der Waals surface area contributed by atoms with Crippen molar-refractivity contribution in [3.05, 3.63) is 11.6 Å². The standard InChI is InChI=1S/C20H30O6/c1-11-20(6,26-11)16(22)25-15-7-8-18(4)10-13(21)12(17(2,3)23)9-14(18)19(15,5)24/h9,11,14-15,23-24H,7-8,10H2,1-6H3/t11-,14-,15+,18-,19+,20+/m1/s1. The zero-order valence-electron chi connectivity index (χ0n) is 16.5. The number of aliphatic hydroxyl groups is 2. The molecule has 2 fully saturated rings. The van der Waals surface area contributed by atoms with Crippen LogP contribution in [0, 0.1) is 11.3 Å². The van der Waals surface area contributed by atoms with Crippen LogP contribution in [0.1, 0.15) is 60.8 Å². The van der Waals surface area contributed by atoms with Gasteiger partial charge in [0.2, 0.25) is 0 Å². The maximum absolute atomic E-state index is 12.5. The minimum Gasteiger partial charge on any atom is -0.457 e. The number of ketones is 1. The first-order chi connectivity index (χ1) is 11.7. The van der Waals surface area contributed by atoms with Crippen molar-refractivity contribution < 1.29 is 29.3 Å². The topological polar surface area (TPSA) is 96.4 Å². The summed E-state index contributed by atoms with van der Waals surface area (Å²) in [5.41, 5.74) is -3.66. The fourth-order valence-corrected chi connectivity index (χ4v) is 4.62. The van der Waals surface area contributed by atoms with Gasteiger partial charge in [0.05, 0.1) is 11.7 Å². The summed E-state index contributed by atoms with van der Waals surface area (Å²) in [6, 6.07) is 0. The molecule has 6 nitrogen and oxygen atoms in total. The maximum atomic E-state index is 12.5. The maximum Gasteiger partial charge on any atom is 0.341 e. The van der Waals surface area contributed by atoms with Gasteiger partial charge in [0.25, 0.3) is 0 Å². The summed E-state index contributed by atoms with van der Waals surface area (Å²) in [7, 11) is 0. The van der Waals surface area contributed by atoms with Crippen molar-refractivity contribution in [2.75, 3.05) is 0 Å². The van der Waals surface area contributed by atoms with Crippen molar-refractivity contribution in [1.29, 1.82) is 0 Å². The molecule has 2 aliphatic carbocycles. The molecule has 6 heteroatoms. The van der Waals surface area contributed by atoms with Crippen molar-refractivity contribution in [2.24, 2.45) is 11.3 Å². The predicted molar refractivity (Wildman–Crippen MR) is 94.3 cm³/mol. The Morgan fingerprint density at radius 2 is 1.92 bits per heavy atom. The molecule has 146 valence electrons. The minimum atomic E-state index is -1.34. The molecule has 3 aliphatic rings. The molecule has 0 radical (unpaired) electrons. The van der Waals surface area contributed by atoms with E-state index >= 15 is 0 Å². The summed E-state index contributed by atoms with van der Waals surface area (Å²) in [5, 5.41) is 21.6. The molecule has 26 heavy (non-hydrogen) atoms.